The third-order valence-corrected chi connectivity index (χ3v) is 5.28. The minimum Gasteiger partial charge on any atom is -0.395 e. The van der Waals surface area contributed by atoms with Crippen LogP contribution in [-0.2, 0) is 10.0 Å². The van der Waals surface area contributed by atoms with E-state index in [-0.39, 0.29) is 12.6 Å². The zero-order valence-electron chi connectivity index (χ0n) is 9.52. The Morgan fingerprint density at radius 1 is 1.33 bits per heavy atom. The molecule has 0 aliphatic carbocycles. The Bertz CT molecular complexity index is 287. The highest BCUT2D eigenvalue weighted by molar-refractivity contribution is 7.89. The lowest BCUT2D eigenvalue weighted by molar-refractivity contribution is 0.186. The highest BCUT2D eigenvalue weighted by atomic mass is 32.2. The van der Waals surface area contributed by atoms with Gasteiger partial charge in [0.2, 0.25) is 10.0 Å². The molecule has 0 saturated carbocycles. The van der Waals surface area contributed by atoms with Gasteiger partial charge in [-0.15, -0.1) is 0 Å². The van der Waals surface area contributed by atoms with Crippen molar-refractivity contribution in [3.05, 3.63) is 0 Å². The molecule has 1 unspecified atom stereocenters. The summed E-state index contributed by atoms with van der Waals surface area (Å²) >= 11 is 0. The number of nitrogens with zero attached hydrogens (tertiary/aromatic N) is 1. The van der Waals surface area contributed by atoms with Gasteiger partial charge < -0.3 is 5.11 Å². The van der Waals surface area contributed by atoms with E-state index in [1.54, 1.807) is 13.8 Å². The summed E-state index contributed by atoms with van der Waals surface area (Å²) in [6.45, 7) is 3.88. The van der Waals surface area contributed by atoms with Crippen LogP contribution in [0.4, 0.5) is 0 Å². The molecule has 1 rings (SSSR count). The van der Waals surface area contributed by atoms with Crippen molar-refractivity contribution in [3.63, 3.8) is 0 Å². The van der Waals surface area contributed by atoms with Gasteiger partial charge in [-0.05, 0) is 26.7 Å². The van der Waals surface area contributed by atoms with Gasteiger partial charge in [0.25, 0.3) is 0 Å². The largest absolute Gasteiger partial charge is 0.395 e. The molecule has 0 amide bonds. The average Bonchev–Trinajstić information content (AvgIpc) is 2.41. The van der Waals surface area contributed by atoms with Gasteiger partial charge >= 0.3 is 0 Å². The van der Waals surface area contributed by atoms with E-state index in [0.717, 1.165) is 25.7 Å². The fourth-order valence-electron chi connectivity index (χ4n) is 1.94. The van der Waals surface area contributed by atoms with Gasteiger partial charge in [-0.1, -0.05) is 12.8 Å². The number of hydrogen-bond donors (Lipinski definition) is 1. The molecule has 1 heterocycles. The number of aliphatic hydroxyl groups is 1. The van der Waals surface area contributed by atoms with Crippen molar-refractivity contribution in [1.82, 2.24) is 4.31 Å². The quantitative estimate of drug-likeness (QED) is 0.792. The Labute approximate surface area is 92.3 Å². The van der Waals surface area contributed by atoms with E-state index in [9.17, 15) is 13.5 Å². The second-order valence-electron chi connectivity index (χ2n) is 4.39. The second kappa shape index (κ2) is 5.27. The minimum atomic E-state index is -3.21. The second-order valence-corrected chi connectivity index (χ2v) is 6.83. The SMILES string of the molecule is CC(C)S(=O)(=O)N1CCCCCC1CO. The maximum Gasteiger partial charge on any atom is 0.216 e. The molecule has 1 aliphatic heterocycles. The Hall–Kier alpha value is -0.130. The third-order valence-electron chi connectivity index (χ3n) is 2.96. The zero-order valence-corrected chi connectivity index (χ0v) is 10.3. The molecule has 0 radical (unpaired) electrons. The van der Waals surface area contributed by atoms with Crippen molar-refractivity contribution in [2.24, 2.45) is 0 Å². The smallest absolute Gasteiger partial charge is 0.216 e. The summed E-state index contributed by atoms with van der Waals surface area (Å²) in [5, 5.41) is 8.83. The van der Waals surface area contributed by atoms with Crippen LogP contribution < -0.4 is 0 Å². The predicted octanol–water partition coefficient (Wildman–Crippen LogP) is 0.962. The van der Waals surface area contributed by atoms with Crippen molar-refractivity contribution in [2.75, 3.05) is 13.2 Å². The first-order chi connectivity index (χ1) is 7.00. The van der Waals surface area contributed by atoms with Crippen LogP contribution in [0, 0.1) is 0 Å². The Morgan fingerprint density at radius 3 is 2.53 bits per heavy atom. The van der Waals surface area contributed by atoms with E-state index in [0.29, 0.717) is 6.54 Å². The van der Waals surface area contributed by atoms with E-state index in [2.05, 4.69) is 0 Å². The van der Waals surface area contributed by atoms with Crippen LogP contribution in [0.1, 0.15) is 39.5 Å². The molecule has 1 aliphatic rings. The first kappa shape index (κ1) is 12.9. The molecule has 1 fully saturated rings. The lowest BCUT2D eigenvalue weighted by atomic mass is 10.1. The van der Waals surface area contributed by atoms with Gasteiger partial charge in [0.05, 0.1) is 11.9 Å². The van der Waals surface area contributed by atoms with E-state index in [1.807, 2.05) is 0 Å². The van der Waals surface area contributed by atoms with Crippen LogP contribution in [0.2, 0.25) is 0 Å². The van der Waals surface area contributed by atoms with E-state index < -0.39 is 15.3 Å². The Morgan fingerprint density at radius 2 is 2.00 bits per heavy atom. The minimum absolute atomic E-state index is 0.0635. The van der Waals surface area contributed by atoms with Crippen molar-refractivity contribution >= 4 is 10.0 Å². The molecule has 0 spiro atoms. The van der Waals surface area contributed by atoms with Crippen molar-refractivity contribution in [2.45, 2.75) is 50.8 Å². The molecule has 1 atom stereocenters. The Kier molecular flexibility index (Phi) is 4.55. The molecule has 0 aromatic heterocycles. The van der Waals surface area contributed by atoms with Crippen LogP contribution in [0.15, 0.2) is 0 Å². The average molecular weight is 235 g/mol. The lowest BCUT2D eigenvalue weighted by Crippen LogP contribution is -2.45. The number of sulfonamides is 1. The zero-order chi connectivity index (χ0) is 11.5. The lowest BCUT2D eigenvalue weighted by Gasteiger charge is -2.29. The first-order valence-corrected chi connectivity index (χ1v) is 7.12. The van der Waals surface area contributed by atoms with Crippen LogP contribution in [0.25, 0.3) is 0 Å². The van der Waals surface area contributed by atoms with Gasteiger partial charge in [-0.25, -0.2) is 8.42 Å². The van der Waals surface area contributed by atoms with Crippen molar-refractivity contribution in [3.8, 4) is 0 Å². The van der Waals surface area contributed by atoms with Crippen LogP contribution in [0.3, 0.4) is 0 Å². The molecule has 4 nitrogen and oxygen atoms in total. The van der Waals surface area contributed by atoms with Crippen LogP contribution in [-0.4, -0.2) is 42.3 Å². The van der Waals surface area contributed by atoms with Gasteiger partial charge in [0, 0.05) is 12.6 Å². The van der Waals surface area contributed by atoms with Gasteiger partial charge in [-0.3, -0.25) is 0 Å². The monoisotopic (exact) mass is 235 g/mol. The molecule has 15 heavy (non-hydrogen) atoms. The summed E-state index contributed by atoms with van der Waals surface area (Å²) < 4.78 is 25.5. The predicted molar refractivity (Wildman–Crippen MR) is 60.1 cm³/mol. The summed E-state index contributed by atoms with van der Waals surface area (Å²) in [6.07, 6.45) is 3.75. The highest BCUT2D eigenvalue weighted by Crippen LogP contribution is 2.21. The highest BCUT2D eigenvalue weighted by Gasteiger charge is 2.32. The molecule has 5 heteroatoms. The summed E-state index contributed by atoms with van der Waals surface area (Å²) in [5.41, 5.74) is 0. The summed E-state index contributed by atoms with van der Waals surface area (Å²) in [7, 11) is -3.21. The molecular weight excluding hydrogens is 214 g/mol. The molecular formula is C10H21NO3S. The fourth-order valence-corrected chi connectivity index (χ4v) is 3.45. The molecule has 0 bridgehead atoms. The molecule has 0 aromatic carbocycles. The van der Waals surface area contributed by atoms with E-state index in [1.165, 1.54) is 4.31 Å². The van der Waals surface area contributed by atoms with Crippen molar-refractivity contribution < 1.29 is 13.5 Å². The van der Waals surface area contributed by atoms with Gasteiger partial charge in [-0.2, -0.15) is 4.31 Å². The van der Waals surface area contributed by atoms with Crippen LogP contribution >= 0.6 is 0 Å². The van der Waals surface area contributed by atoms with Gasteiger partial charge in [0.1, 0.15) is 0 Å². The number of rotatable bonds is 3. The third kappa shape index (κ3) is 2.92. The maximum atomic E-state index is 12.0. The molecule has 90 valence electrons. The van der Waals surface area contributed by atoms with E-state index in [4.69, 9.17) is 0 Å². The van der Waals surface area contributed by atoms with Crippen molar-refractivity contribution in [1.29, 1.82) is 0 Å². The summed E-state index contributed by atoms with van der Waals surface area (Å²) in [4.78, 5) is 0. The molecule has 1 saturated heterocycles. The van der Waals surface area contributed by atoms with E-state index >= 15 is 0 Å². The number of aliphatic hydroxyl groups excluding tert-OH is 1. The maximum absolute atomic E-state index is 12.0. The van der Waals surface area contributed by atoms with Crippen LogP contribution in [0.5, 0.6) is 0 Å². The summed E-state index contributed by atoms with van der Waals surface area (Å²) in [6, 6.07) is -0.208. The summed E-state index contributed by atoms with van der Waals surface area (Å²) in [5.74, 6) is 0. The molecule has 0 aromatic rings. The standard InChI is InChI=1S/C10H21NO3S/c1-9(2)15(13,14)11-7-5-3-4-6-10(11)8-12/h9-10,12H,3-8H2,1-2H3. The number of hydrogen-bond acceptors (Lipinski definition) is 3. The fraction of sp³-hybridized carbons (Fsp3) is 1.00. The van der Waals surface area contributed by atoms with Gasteiger partial charge in [0.15, 0.2) is 0 Å². The molecule has 1 N–H and O–H groups in total. The normalized spacial score (nSPS) is 25.5. The Balaban J connectivity index is 2.88. The first-order valence-electron chi connectivity index (χ1n) is 5.61. The topological polar surface area (TPSA) is 57.6 Å².